The second-order valence-corrected chi connectivity index (χ2v) is 7.26. The molecule has 1 saturated heterocycles. The fourth-order valence-electron chi connectivity index (χ4n) is 3.44. The molecule has 0 aliphatic carbocycles. The number of rotatable bonds is 4. The Kier molecular flexibility index (Phi) is 4.85. The molecule has 4 heterocycles. The van der Waals surface area contributed by atoms with Crippen LogP contribution in [0.5, 0.6) is 0 Å². The molecule has 3 aromatic heterocycles. The number of hydrogen-bond donors (Lipinski definition) is 0. The minimum absolute atomic E-state index is 0.240. The van der Waals surface area contributed by atoms with Gasteiger partial charge in [-0.05, 0) is 35.5 Å². The van der Waals surface area contributed by atoms with E-state index in [1.165, 1.54) is 4.80 Å². The maximum absolute atomic E-state index is 6.08. The molecule has 1 unspecified atom stereocenters. The van der Waals surface area contributed by atoms with Crippen LogP contribution in [0.1, 0.15) is 11.9 Å². The van der Waals surface area contributed by atoms with Crippen molar-refractivity contribution in [1.29, 1.82) is 0 Å². The molecule has 152 valence electrons. The van der Waals surface area contributed by atoms with Gasteiger partial charge in [-0.1, -0.05) is 17.7 Å². The lowest BCUT2D eigenvalue weighted by molar-refractivity contribution is 0.0905. The zero-order valence-corrected chi connectivity index (χ0v) is 16.9. The van der Waals surface area contributed by atoms with E-state index in [1.54, 1.807) is 24.5 Å². The molecule has 1 aliphatic heterocycles. The maximum Gasteiger partial charge on any atom is 0.228 e. The number of hydrogen-bond acceptors (Lipinski definition) is 8. The third-order valence-corrected chi connectivity index (χ3v) is 5.16. The first-order valence-corrected chi connectivity index (χ1v) is 9.78. The molecular formula is C19H18ClN9O. The zero-order valence-electron chi connectivity index (χ0n) is 16.1. The predicted molar refractivity (Wildman–Crippen MR) is 109 cm³/mol. The standard InChI is InChI=1S/C19H18ClN9O/c1-27-18(13-4-3-7-21-11-13)23-24-19(27)28-8-9-30-12-16(28)17-22-26-29(25-17)15-6-2-5-14(20)10-15/h2-7,10-11,16H,8-9,12H2,1H3. The van der Waals surface area contributed by atoms with Gasteiger partial charge in [-0.2, -0.15) is 0 Å². The van der Waals surface area contributed by atoms with Gasteiger partial charge in [0.15, 0.2) is 11.6 Å². The van der Waals surface area contributed by atoms with Gasteiger partial charge in [-0.3, -0.25) is 9.55 Å². The average Bonchev–Trinajstić information content (AvgIpc) is 3.42. The molecule has 30 heavy (non-hydrogen) atoms. The Labute approximate surface area is 177 Å². The summed E-state index contributed by atoms with van der Waals surface area (Å²) >= 11 is 6.08. The number of anilines is 1. The van der Waals surface area contributed by atoms with Crippen LogP contribution in [0.25, 0.3) is 17.1 Å². The Morgan fingerprint density at radius 3 is 2.90 bits per heavy atom. The third-order valence-electron chi connectivity index (χ3n) is 4.92. The highest BCUT2D eigenvalue weighted by Gasteiger charge is 2.32. The van der Waals surface area contributed by atoms with Gasteiger partial charge >= 0.3 is 0 Å². The number of morpholine rings is 1. The summed E-state index contributed by atoms with van der Waals surface area (Å²) in [5.74, 6) is 1.99. The van der Waals surface area contributed by atoms with Crippen LogP contribution in [0.4, 0.5) is 5.95 Å². The van der Waals surface area contributed by atoms with Crippen molar-refractivity contribution >= 4 is 17.5 Å². The summed E-state index contributed by atoms with van der Waals surface area (Å²) in [6.45, 7) is 1.64. The maximum atomic E-state index is 6.08. The van der Waals surface area contributed by atoms with E-state index in [0.29, 0.717) is 36.6 Å². The summed E-state index contributed by atoms with van der Waals surface area (Å²) in [7, 11) is 1.93. The van der Waals surface area contributed by atoms with E-state index in [9.17, 15) is 0 Å². The average molecular weight is 424 g/mol. The van der Waals surface area contributed by atoms with Crippen molar-refractivity contribution in [2.75, 3.05) is 24.7 Å². The van der Waals surface area contributed by atoms with E-state index in [2.05, 4.69) is 35.5 Å². The Morgan fingerprint density at radius 2 is 2.07 bits per heavy atom. The molecule has 1 aromatic carbocycles. The topological polar surface area (TPSA) is 99.7 Å². The Bertz CT molecular complexity index is 1160. The minimum atomic E-state index is -0.240. The lowest BCUT2D eigenvalue weighted by atomic mass is 10.2. The van der Waals surface area contributed by atoms with Crippen LogP contribution in [0.2, 0.25) is 5.02 Å². The van der Waals surface area contributed by atoms with Crippen LogP contribution in [0.15, 0.2) is 48.8 Å². The number of ether oxygens (including phenoxy) is 1. The van der Waals surface area contributed by atoms with E-state index >= 15 is 0 Å². The van der Waals surface area contributed by atoms with Crippen LogP contribution in [-0.4, -0.2) is 59.7 Å². The lowest BCUT2D eigenvalue weighted by Crippen LogP contribution is -2.41. The quantitative estimate of drug-likeness (QED) is 0.492. The second kappa shape index (κ2) is 7.81. The molecule has 1 aliphatic rings. The molecule has 1 atom stereocenters. The van der Waals surface area contributed by atoms with E-state index < -0.39 is 0 Å². The first-order valence-electron chi connectivity index (χ1n) is 9.41. The smallest absolute Gasteiger partial charge is 0.228 e. The summed E-state index contributed by atoms with van der Waals surface area (Å²) in [6, 6.07) is 10.9. The van der Waals surface area contributed by atoms with Gasteiger partial charge in [-0.15, -0.1) is 25.2 Å². The molecule has 11 heteroatoms. The molecule has 5 rings (SSSR count). The van der Waals surface area contributed by atoms with E-state index in [0.717, 1.165) is 17.1 Å². The van der Waals surface area contributed by atoms with Crippen LogP contribution in [-0.2, 0) is 11.8 Å². The highest BCUT2D eigenvalue weighted by molar-refractivity contribution is 6.30. The van der Waals surface area contributed by atoms with Crippen LogP contribution < -0.4 is 4.90 Å². The summed E-state index contributed by atoms with van der Waals surface area (Å²) in [4.78, 5) is 7.73. The highest BCUT2D eigenvalue weighted by Crippen LogP contribution is 2.29. The molecule has 0 bridgehead atoms. The summed E-state index contributed by atoms with van der Waals surface area (Å²) < 4.78 is 7.65. The normalized spacial score (nSPS) is 16.7. The van der Waals surface area contributed by atoms with Gasteiger partial charge in [0, 0.05) is 36.6 Å². The molecule has 0 N–H and O–H groups in total. The Morgan fingerprint density at radius 1 is 1.13 bits per heavy atom. The molecule has 0 spiro atoms. The summed E-state index contributed by atoms with van der Waals surface area (Å²) in [6.07, 6.45) is 3.50. The second-order valence-electron chi connectivity index (χ2n) is 6.83. The molecule has 1 fully saturated rings. The number of halogens is 1. The molecule has 10 nitrogen and oxygen atoms in total. The summed E-state index contributed by atoms with van der Waals surface area (Å²) in [5, 5.41) is 22.4. The number of aromatic nitrogens is 8. The van der Waals surface area contributed by atoms with Crippen molar-refractivity contribution in [3.05, 3.63) is 59.6 Å². The van der Waals surface area contributed by atoms with Crippen molar-refractivity contribution in [2.24, 2.45) is 7.05 Å². The fourth-order valence-corrected chi connectivity index (χ4v) is 3.63. The first kappa shape index (κ1) is 18.6. The highest BCUT2D eigenvalue weighted by atomic mass is 35.5. The molecule has 4 aromatic rings. The van der Waals surface area contributed by atoms with E-state index in [-0.39, 0.29) is 6.04 Å². The van der Waals surface area contributed by atoms with E-state index in [4.69, 9.17) is 16.3 Å². The van der Waals surface area contributed by atoms with Crippen LogP contribution in [0.3, 0.4) is 0 Å². The number of benzene rings is 1. The van der Waals surface area contributed by atoms with Crippen molar-refractivity contribution in [3.8, 4) is 17.1 Å². The monoisotopic (exact) mass is 423 g/mol. The largest absolute Gasteiger partial charge is 0.377 e. The predicted octanol–water partition coefficient (Wildman–Crippen LogP) is 2.08. The Balaban J connectivity index is 1.47. The van der Waals surface area contributed by atoms with Gasteiger partial charge in [-0.25, -0.2) is 0 Å². The fraction of sp³-hybridized carbons (Fsp3) is 0.263. The van der Waals surface area contributed by atoms with Crippen molar-refractivity contribution in [3.63, 3.8) is 0 Å². The summed E-state index contributed by atoms with van der Waals surface area (Å²) in [5.41, 5.74) is 1.63. The lowest BCUT2D eigenvalue weighted by Gasteiger charge is -2.33. The van der Waals surface area contributed by atoms with Gasteiger partial charge in [0.1, 0.15) is 6.04 Å². The van der Waals surface area contributed by atoms with Crippen molar-refractivity contribution in [1.82, 2.24) is 40.0 Å². The minimum Gasteiger partial charge on any atom is -0.377 e. The zero-order chi connectivity index (χ0) is 20.5. The molecular weight excluding hydrogens is 406 g/mol. The van der Waals surface area contributed by atoms with Crippen LogP contribution in [0, 0.1) is 0 Å². The third kappa shape index (κ3) is 3.40. The van der Waals surface area contributed by atoms with Gasteiger partial charge in [0.2, 0.25) is 5.95 Å². The van der Waals surface area contributed by atoms with Crippen molar-refractivity contribution < 1.29 is 4.74 Å². The molecule has 0 saturated carbocycles. The Hall–Kier alpha value is -3.37. The SMILES string of the molecule is Cn1c(-c2cccnc2)nnc1N1CCOCC1c1nnn(-c2cccc(Cl)c2)n1. The number of nitrogens with zero attached hydrogens (tertiary/aromatic N) is 9. The van der Waals surface area contributed by atoms with Gasteiger partial charge in [0.25, 0.3) is 0 Å². The van der Waals surface area contributed by atoms with Gasteiger partial charge in [0.05, 0.1) is 18.9 Å². The van der Waals surface area contributed by atoms with Gasteiger partial charge < -0.3 is 9.64 Å². The molecule has 0 radical (unpaired) electrons. The molecule has 0 amide bonds. The van der Waals surface area contributed by atoms with Crippen molar-refractivity contribution in [2.45, 2.75) is 6.04 Å². The first-order chi connectivity index (χ1) is 14.7. The number of tetrazole rings is 1. The van der Waals surface area contributed by atoms with E-state index in [1.807, 2.05) is 35.9 Å². The van der Waals surface area contributed by atoms with Crippen LogP contribution >= 0.6 is 11.6 Å². The number of pyridine rings is 1.